The summed E-state index contributed by atoms with van der Waals surface area (Å²) in [6.07, 6.45) is 8.25. The zero-order chi connectivity index (χ0) is 6.69. The van der Waals surface area contributed by atoms with Crippen molar-refractivity contribution in [3.63, 3.8) is 0 Å². The summed E-state index contributed by atoms with van der Waals surface area (Å²) >= 11 is 0. The topological polar surface area (TPSA) is 38.9 Å². The number of nitrogens with two attached hydrogens (primary N) is 1. The van der Waals surface area contributed by atoms with Crippen LogP contribution in [0.3, 0.4) is 0 Å². The number of halogens is 1. The highest BCUT2D eigenvalue weighted by Gasteiger charge is 1.89. The molecule has 10 heavy (non-hydrogen) atoms. The first-order valence-electron chi connectivity index (χ1n) is 2.50. The average molecular weight is 155 g/mol. The quantitative estimate of drug-likeness (QED) is 0.568. The third-order valence-electron chi connectivity index (χ3n) is 1.01. The molecule has 0 amide bonds. The van der Waals surface area contributed by atoms with Crippen molar-refractivity contribution in [2.24, 2.45) is 0 Å². The van der Waals surface area contributed by atoms with Gasteiger partial charge in [0.05, 0.1) is 17.4 Å². The van der Waals surface area contributed by atoms with Crippen molar-refractivity contribution in [1.82, 2.24) is 4.98 Å². The van der Waals surface area contributed by atoms with Crippen LogP contribution >= 0.6 is 12.4 Å². The Morgan fingerprint density at radius 1 is 1.60 bits per heavy atom. The number of terminal acetylenes is 1. The summed E-state index contributed by atoms with van der Waals surface area (Å²) in [7, 11) is 0. The molecule has 0 atom stereocenters. The maximum absolute atomic E-state index is 5.43. The van der Waals surface area contributed by atoms with E-state index >= 15 is 0 Å². The first-order chi connectivity index (χ1) is 4.34. The standard InChI is InChI=1S/C7H6N2.ClH/c1-2-6-3-4-9-5-7(6)8;/h1,3-5H,8H2;1H. The van der Waals surface area contributed by atoms with Gasteiger partial charge in [-0.1, -0.05) is 5.92 Å². The van der Waals surface area contributed by atoms with Gasteiger partial charge in [0.15, 0.2) is 0 Å². The molecule has 0 aromatic carbocycles. The maximum Gasteiger partial charge on any atom is 0.0659 e. The Morgan fingerprint density at radius 3 is 2.70 bits per heavy atom. The molecule has 0 aliphatic heterocycles. The number of aromatic nitrogens is 1. The molecule has 0 aliphatic carbocycles. The van der Waals surface area contributed by atoms with Crippen molar-refractivity contribution in [2.75, 3.05) is 5.73 Å². The molecule has 52 valence electrons. The molecule has 0 aliphatic rings. The molecule has 1 aromatic heterocycles. The summed E-state index contributed by atoms with van der Waals surface area (Å²) in [6.45, 7) is 0. The monoisotopic (exact) mass is 154 g/mol. The molecule has 0 spiro atoms. The second kappa shape index (κ2) is 3.76. The minimum atomic E-state index is 0. The molecule has 1 rings (SSSR count). The number of rotatable bonds is 0. The van der Waals surface area contributed by atoms with Crippen LogP contribution in [0.15, 0.2) is 18.5 Å². The summed E-state index contributed by atoms with van der Waals surface area (Å²) in [4.78, 5) is 3.77. The van der Waals surface area contributed by atoms with E-state index < -0.39 is 0 Å². The van der Waals surface area contributed by atoms with Crippen LogP contribution in [0, 0.1) is 12.3 Å². The molecule has 1 heterocycles. The van der Waals surface area contributed by atoms with E-state index in [9.17, 15) is 0 Å². The van der Waals surface area contributed by atoms with Crippen LogP contribution in [0.1, 0.15) is 5.56 Å². The molecule has 0 unspecified atom stereocenters. The second-order valence-electron chi connectivity index (χ2n) is 1.61. The van der Waals surface area contributed by atoms with Gasteiger partial charge in [-0.25, -0.2) is 0 Å². The lowest BCUT2D eigenvalue weighted by Gasteiger charge is -1.92. The molecule has 0 fully saturated rings. The number of nitrogen functional groups attached to an aromatic ring is 1. The lowest BCUT2D eigenvalue weighted by Crippen LogP contribution is -1.89. The highest BCUT2D eigenvalue weighted by molar-refractivity contribution is 5.85. The molecule has 2 nitrogen and oxygen atoms in total. The summed E-state index contributed by atoms with van der Waals surface area (Å²) in [5.41, 5.74) is 6.68. The third-order valence-corrected chi connectivity index (χ3v) is 1.01. The summed E-state index contributed by atoms with van der Waals surface area (Å²) in [5, 5.41) is 0. The second-order valence-corrected chi connectivity index (χ2v) is 1.61. The SMILES string of the molecule is C#Cc1ccncc1N.Cl. The van der Waals surface area contributed by atoms with Gasteiger partial charge in [0.1, 0.15) is 0 Å². The van der Waals surface area contributed by atoms with Crippen LogP contribution < -0.4 is 5.73 Å². The minimum Gasteiger partial charge on any atom is -0.396 e. The molecular weight excluding hydrogens is 148 g/mol. The highest BCUT2D eigenvalue weighted by atomic mass is 35.5. The zero-order valence-electron chi connectivity index (χ0n) is 5.24. The van der Waals surface area contributed by atoms with E-state index in [0.29, 0.717) is 11.3 Å². The van der Waals surface area contributed by atoms with Crippen molar-refractivity contribution in [2.45, 2.75) is 0 Å². The predicted octanol–water partition coefficient (Wildman–Crippen LogP) is 1.07. The first-order valence-corrected chi connectivity index (χ1v) is 2.50. The van der Waals surface area contributed by atoms with Crippen molar-refractivity contribution >= 4 is 18.1 Å². The lowest BCUT2D eigenvalue weighted by molar-refractivity contribution is 1.32. The molecule has 0 radical (unpaired) electrons. The van der Waals surface area contributed by atoms with Gasteiger partial charge in [0.2, 0.25) is 0 Å². The molecular formula is C7H7ClN2. The van der Waals surface area contributed by atoms with E-state index in [0.717, 1.165) is 0 Å². The van der Waals surface area contributed by atoms with Gasteiger partial charge in [-0.05, 0) is 6.07 Å². The van der Waals surface area contributed by atoms with Gasteiger partial charge in [-0.2, -0.15) is 0 Å². The van der Waals surface area contributed by atoms with E-state index in [-0.39, 0.29) is 12.4 Å². The molecule has 0 saturated carbocycles. The molecule has 0 bridgehead atoms. The summed E-state index contributed by atoms with van der Waals surface area (Å²) in [6, 6.07) is 1.70. The highest BCUT2D eigenvalue weighted by Crippen LogP contribution is 2.04. The first kappa shape index (κ1) is 8.80. The van der Waals surface area contributed by atoms with Crippen LogP contribution in [0.5, 0.6) is 0 Å². The minimum absolute atomic E-state index is 0. The Balaban J connectivity index is 0.000000810. The van der Waals surface area contributed by atoms with E-state index in [2.05, 4.69) is 10.9 Å². The summed E-state index contributed by atoms with van der Waals surface area (Å²) < 4.78 is 0. The van der Waals surface area contributed by atoms with Crippen LogP contribution in [-0.2, 0) is 0 Å². The Labute approximate surface area is 65.9 Å². The fraction of sp³-hybridized carbons (Fsp3) is 0. The van der Waals surface area contributed by atoms with Crippen molar-refractivity contribution in [1.29, 1.82) is 0 Å². The van der Waals surface area contributed by atoms with E-state index in [1.165, 1.54) is 6.20 Å². The van der Waals surface area contributed by atoms with Crippen LogP contribution in [0.2, 0.25) is 0 Å². The summed E-state index contributed by atoms with van der Waals surface area (Å²) in [5.74, 6) is 2.43. The van der Waals surface area contributed by atoms with Gasteiger partial charge < -0.3 is 5.73 Å². The maximum atomic E-state index is 5.43. The Morgan fingerprint density at radius 2 is 2.30 bits per heavy atom. The molecule has 0 saturated heterocycles. The van der Waals surface area contributed by atoms with Gasteiger partial charge in [0.25, 0.3) is 0 Å². The zero-order valence-corrected chi connectivity index (χ0v) is 6.06. The number of nitrogens with zero attached hydrogens (tertiary/aromatic N) is 1. The number of hydrogen-bond donors (Lipinski definition) is 1. The van der Waals surface area contributed by atoms with Crippen LogP contribution in [-0.4, -0.2) is 4.98 Å². The van der Waals surface area contributed by atoms with Crippen LogP contribution in [0.4, 0.5) is 5.69 Å². The van der Waals surface area contributed by atoms with E-state index in [1.54, 1.807) is 12.3 Å². The van der Waals surface area contributed by atoms with E-state index in [1.807, 2.05) is 0 Å². The lowest BCUT2D eigenvalue weighted by atomic mass is 10.2. The predicted molar refractivity (Wildman–Crippen MR) is 43.8 cm³/mol. The molecule has 3 heteroatoms. The Hall–Kier alpha value is -1.20. The van der Waals surface area contributed by atoms with Gasteiger partial charge in [-0.15, -0.1) is 18.8 Å². The molecule has 2 N–H and O–H groups in total. The number of hydrogen-bond acceptors (Lipinski definition) is 2. The number of pyridine rings is 1. The largest absolute Gasteiger partial charge is 0.396 e. The Bertz CT molecular complexity index is 252. The van der Waals surface area contributed by atoms with Crippen molar-refractivity contribution in [3.8, 4) is 12.3 Å². The average Bonchev–Trinajstić information content (AvgIpc) is 1.89. The fourth-order valence-electron chi connectivity index (χ4n) is 0.538. The van der Waals surface area contributed by atoms with Gasteiger partial charge in [0, 0.05) is 6.20 Å². The smallest absolute Gasteiger partial charge is 0.0659 e. The van der Waals surface area contributed by atoms with Crippen molar-refractivity contribution in [3.05, 3.63) is 24.0 Å². The van der Waals surface area contributed by atoms with Gasteiger partial charge >= 0.3 is 0 Å². The van der Waals surface area contributed by atoms with Crippen LogP contribution in [0.25, 0.3) is 0 Å². The Kier molecular flexibility index (Phi) is 3.30. The van der Waals surface area contributed by atoms with E-state index in [4.69, 9.17) is 12.2 Å². The van der Waals surface area contributed by atoms with Gasteiger partial charge in [-0.3, -0.25) is 4.98 Å². The molecule has 1 aromatic rings. The third kappa shape index (κ3) is 1.64. The van der Waals surface area contributed by atoms with Crippen molar-refractivity contribution < 1.29 is 0 Å². The number of anilines is 1. The fourth-order valence-corrected chi connectivity index (χ4v) is 0.538. The normalized spacial score (nSPS) is 7.50.